The predicted molar refractivity (Wildman–Crippen MR) is 67.0 cm³/mol. The lowest BCUT2D eigenvalue weighted by Crippen LogP contribution is -2.07. The largest absolute Gasteiger partial charge is 0.457 e. The normalized spacial score (nSPS) is 10.8. The van der Waals surface area contributed by atoms with Crippen LogP contribution in [0.5, 0.6) is 0 Å². The van der Waals surface area contributed by atoms with Crippen molar-refractivity contribution in [3.63, 3.8) is 0 Å². The molecule has 0 aromatic carbocycles. The first-order valence-electron chi connectivity index (χ1n) is 5.39. The Balaban J connectivity index is 2.18. The Bertz CT molecular complexity index is 542. The zero-order valence-electron chi connectivity index (χ0n) is 9.74. The minimum Gasteiger partial charge on any atom is -0.457 e. The van der Waals surface area contributed by atoms with Gasteiger partial charge in [-0.2, -0.15) is 5.10 Å². The zero-order valence-corrected chi connectivity index (χ0v) is 11.3. The Morgan fingerprint density at radius 1 is 1.59 bits per heavy atom. The molecule has 0 fully saturated rings. The highest BCUT2D eigenvalue weighted by Crippen LogP contribution is 2.19. The van der Waals surface area contributed by atoms with Gasteiger partial charge in [-0.05, 0) is 34.5 Å². The number of rotatable bonds is 4. The Labute approximate surface area is 108 Å². The van der Waals surface area contributed by atoms with Crippen LogP contribution in [0.15, 0.2) is 27.5 Å². The van der Waals surface area contributed by atoms with Gasteiger partial charge >= 0.3 is 0 Å². The lowest BCUT2D eigenvalue weighted by Gasteiger charge is -1.99. The fourth-order valence-corrected chi connectivity index (χ4v) is 2.12. The van der Waals surface area contributed by atoms with Crippen molar-refractivity contribution in [3.05, 3.63) is 40.0 Å². The number of nitrogens with zero attached hydrogens (tertiary/aromatic N) is 2. The predicted octanol–water partition coefficient (Wildman–Crippen LogP) is 2.76. The van der Waals surface area contributed by atoms with Crippen LogP contribution < -0.4 is 0 Å². The number of Topliss-reactive ketones (excluding diaryl/α,β-unsaturated/α-hetero) is 1. The quantitative estimate of drug-likeness (QED) is 0.815. The van der Waals surface area contributed by atoms with Crippen molar-refractivity contribution in [3.8, 4) is 0 Å². The number of halogens is 1. The Morgan fingerprint density at radius 2 is 2.35 bits per heavy atom. The maximum absolute atomic E-state index is 12.0. The van der Waals surface area contributed by atoms with Gasteiger partial charge in [0.15, 0.2) is 10.5 Å². The van der Waals surface area contributed by atoms with Crippen molar-refractivity contribution in [1.29, 1.82) is 0 Å². The van der Waals surface area contributed by atoms with E-state index in [2.05, 4.69) is 21.0 Å². The van der Waals surface area contributed by atoms with Gasteiger partial charge in [0, 0.05) is 12.7 Å². The molecule has 0 aliphatic carbocycles. The lowest BCUT2D eigenvalue weighted by molar-refractivity contribution is 0.0989. The van der Waals surface area contributed by atoms with Gasteiger partial charge in [0.1, 0.15) is 0 Å². The van der Waals surface area contributed by atoms with Crippen molar-refractivity contribution in [2.45, 2.75) is 19.8 Å². The van der Waals surface area contributed by atoms with Gasteiger partial charge in [0.2, 0.25) is 0 Å². The van der Waals surface area contributed by atoms with Gasteiger partial charge in [0.25, 0.3) is 0 Å². The highest BCUT2D eigenvalue weighted by atomic mass is 79.9. The minimum absolute atomic E-state index is 0.0243. The van der Waals surface area contributed by atoms with Crippen LogP contribution in [-0.4, -0.2) is 15.6 Å². The van der Waals surface area contributed by atoms with Crippen LogP contribution in [0.3, 0.4) is 0 Å². The Hall–Kier alpha value is -1.36. The molecule has 4 nitrogen and oxygen atoms in total. The summed E-state index contributed by atoms with van der Waals surface area (Å²) in [5.41, 5.74) is 2.49. The van der Waals surface area contributed by atoms with Crippen LogP contribution in [0.25, 0.3) is 0 Å². The number of hydrogen-bond acceptors (Lipinski definition) is 3. The summed E-state index contributed by atoms with van der Waals surface area (Å²) in [5, 5.41) is 4.32. The molecule has 5 heteroatoms. The van der Waals surface area contributed by atoms with Crippen LogP contribution in [0.2, 0.25) is 0 Å². The monoisotopic (exact) mass is 296 g/mol. The topological polar surface area (TPSA) is 48.0 Å². The van der Waals surface area contributed by atoms with Crippen LogP contribution >= 0.6 is 15.9 Å². The zero-order chi connectivity index (χ0) is 12.4. The van der Waals surface area contributed by atoms with Gasteiger partial charge in [-0.15, -0.1) is 0 Å². The summed E-state index contributed by atoms with van der Waals surface area (Å²) in [5.74, 6) is 0.0243. The number of aryl methyl sites for hydroxylation is 2. The van der Waals surface area contributed by atoms with Crippen molar-refractivity contribution in [2.24, 2.45) is 7.05 Å². The van der Waals surface area contributed by atoms with E-state index in [0.29, 0.717) is 16.7 Å². The second-order valence-electron chi connectivity index (χ2n) is 3.81. The third-order valence-electron chi connectivity index (χ3n) is 2.65. The number of furan rings is 1. The number of carbonyl (C=O) groups excluding carboxylic acids is 1. The van der Waals surface area contributed by atoms with Crippen LogP contribution in [0.4, 0.5) is 0 Å². The van der Waals surface area contributed by atoms with Gasteiger partial charge in [-0.25, -0.2) is 0 Å². The van der Waals surface area contributed by atoms with E-state index in [1.165, 1.54) is 6.26 Å². The van der Waals surface area contributed by atoms with E-state index in [1.807, 2.05) is 20.0 Å². The summed E-state index contributed by atoms with van der Waals surface area (Å²) in [6, 6.07) is 3.63. The molecule has 0 unspecified atom stereocenters. The van der Waals surface area contributed by atoms with Crippen molar-refractivity contribution >= 4 is 21.7 Å². The maximum atomic E-state index is 12.0. The van der Waals surface area contributed by atoms with E-state index in [-0.39, 0.29) is 5.78 Å². The fraction of sp³-hybridized carbons (Fsp3) is 0.333. The molecule has 0 radical (unpaired) electrons. The molecule has 2 rings (SSSR count). The smallest absolute Gasteiger partial charge is 0.179 e. The van der Waals surface area contributed by atoms with Crippen molar-refractivity contribution in [1.82, 2.24) is 9.78 Å². The SMILES string of the molecule is CCc1cc(CC(=O)c2ccoc2Br)n(C)n1. The molecule has 0 N–H and O–H groups in total. The second-order valence-corrected chi connectivity index (χ2v) is 4.53. The first-order chi connectivity index (χ1) is 8.11. The molecule has 0 atom stereocenters. The summed E-state index contributed by atoms with van der Waals surface area (Å²) in [6.45, 7) is 2.04. The van der Waals surface area contributed by atoms with Gasteiger partial charge in [-0.3, -0.25) is 9.48 Å². The molecule has 2 aromatic heterocycles. The summed E-state index contributed by atoms with van der Waals surface area (Å²) in [4.78, 5) is 12.0. The number of ketones is 1. The molecule has 0 aliphatic rings. The molecule has 2 aromatic rings. The molecule has 0 bridgehead atoms. The van der Waals surface area contributed by atoms with E-state index in [4.69, 9.17) is 4.42 Å². The summed E-state index contributed by atoms with van der Waals surface area (Å²) in [7, 11) is 1.85. The van der Waals surface area contributed by atoms with Crippen molar-refractivity contribution in [2.75, 3.05) is 0 Å². The first kappa shape index (κ1) is 12.1. The fourth-order valence-electron chi connectivity index (χ4n) is 1.66. The molecule has 0 amide bonds. The average molecular weight is 297 g/mol. The standard InChI is InChI=1S/C12H13BrN2O2/c1-3-8-6-9(15(2)14-8)7-11(16)10-4-5-17-12(10)13/h4-6H,3,7H2,1-2H3. The maximum Gasteiger partial charge on any atom is 0.179 e. The second kappa shape index (κ2) is 4.87. The molecule has 17 heavy (non-hydrogen) atoms. The molecule has 2 heterocycles. The minimum atomic E-state index is 0.0243. The van der Waals surface area contributed by atoms with E-state index in [9.17, 15) is 4.79 Å². The Kier molecular flexibility index (Phi) is 3.47. The number of hydrogen-bond donors (Lipinski definition) is 0. The van der Waals surface area contributed by atoms with Gasteiger partial charge in [0.05, 0.1) is 23.9 Å². The third-order valence-corrected chi connectivity index (χ3v) is 3.26. The Morgan fingerprint density at radius 3 is 2.88 bits per heavy atom. The van der Waals surface area contributed by atoms with Crippen LogP contribution in [-0.2, 0) is 19.9 Å². The van der Waals surface area contributed by atoms with E-state index >= 15 is 0 Å². The molecule has 0 saturated heterocycles. The van der Waals surface area contributed by atoms with Crippen LogP contribution in [0.1, 0.15) is 28.7 Å². The molecule has 0 aliphatic heterocycles. The van der Waals surface area contributed by atoms with E-state index in [1.54, 1.807) is 10.7 Å². The summed E-state index contributed by atoms with van der Waals surface area (Å²) in [6.07, 6.45) is 2.71. The molecule has 90 valence electrons. The molecular weight excluding hydrogens is 284 g/mol. The van der Waals surface area contributed by atoms with E-state index in [0.717, 1.165) is 17.8 Å². The highest BCUT2D eigenvalue weighted by Gasteiger charge is 2.15. The molecule has 0 saturated carbocycles. The third kappa shape index (κ3) is 2.49. The summed E-state index contributed by atoms with van der Waals surface area (Å²) < 4.78 is 7.29. The summed E-state index contributed by atoms with van der Waals surface area (Å²) >= 11 is 3.21. The lowest BCUT2D eigenvalue weighted by atomic mass is 10.1. The first-order valence-corrected chi connectivity index (χ1v) is 6.19. The van der Waals surface area contributed by atoms with E-state index < -0.39 is 0 Å². The molecule has 0 spiro atoms. The van der Waals surface area contributed by atoms with Gasteiger partial charge in [-0.1, -0.05) is 6.92 Å². The highest BCUT2D eigenvalue weighted by molar-refractivity contribution is 9.10. The van der Waals surface area contributed by atoms with Crippen molar-refractivity contribution < 1.29 is 9.21 Å². The number of aromatic nitrogens is 2. The average Bonchev–Trinajstić information content (AvgIpc) is 2.86. The number of carbonyl (C=O) groups is 1. The van der Waals surface area contributed by atoms with Crippen LogP contribution in [0, 0.1) is 0 Å². The van der Waals surface area contributed by atoms with Gasteiger partial charge < -0.3 is 4.42 Å². The molecular formula is C12H13BrN2O2.